The van der Waals surface area contributed by atoms with E-state index < -0.39 is 0 Å². The van der Waals surface area contributed by atoms with E-state index in [2.05, 4.69) is 10.1 Å². The molecule has 0 saturated carbocycles. The number of hydrogen-bond donors (Lipinski definition) is 0. The standard InChI is InChI=1S/C22H23N3O4/c1-27-18-11-5-3-9-16(18)21-23-20(24-29-21)15-8-7-13-25(14-15)22(26)17-10-4-6-12-19(17)28-2/h3-6,9-12,15H,7-8,13-14H2,1-2H3. The number of benzene rings is 2. The SMILES string of the molecule is COc1ccccc1C(=O)N1CCCC(c2noc(-c3ccccc3OC)n2)C1. The molecule has 1 aromatic heterocycles. The minimum absolute atomic E-state index is 0.0228. The van der Waals surface area contributed by atoms with E-state index in [1.54, 1.807) is 26.4 Å². The van der Waals surface area contributed by atoms with Crippen LogP contribution in [0.5, 0.6) is 11.5 Å². The summed E-state index contributed by atoms with van der Waals surface area (Å²) in [6.45, 7) is 1.24. The molecule has 1 aliphatic heterocycles. The first-order chi connectivity index (χ1) is 14.2. The topological polar surface area (TPSA) is 77.7 Å². The van der Waals surface area contributed by atoms with Crippen molar-refractivity contribution in [3.05, 3.63) is 59.9 Å². The predicted octanol–water partition coefficient (Wildman–Crippen LogP) is 3.77. The number of piperidine rings is 1. The molecule has 150 valence electrons. The van der Waals surface area contributed by atoms with Gasteiger partial charge in [-0.1, -0.05) is 29.4 Å². The highest BCUT2D eigenvalue weighted by Gasteiger charge is 2.30. The molecule has 7 nitrogen and oxygen atoms in total. The van der Waals surface area contributed by atoms with Crippen molar-refractivity contribution in [3.8, 4) is 23.0 Å². The van der Waals surface area contributed by atoms with Crippen LogP contribution < -0.4 is 9.47 Å². The summed E-state index contributed by atoms with van der Waals surface area (Å²) in [4.78, 5) is 19.5. The zero-order valence-corrected chi connectivity index (χ0v) is 16.5. The monoisotopic (exact) mass is 393 g/mol. The van der Waals surface area contributed by atoms with Gasteiger partial charge in [0.15, 0.2) is 5.82 Å². The van der Waals surface area contributed by atoms with E-state index in [0.29, 0.717) is 41.9 Å². The lowest BCUT2D eigenvalue weighted by atomic mass is 9.96. The van der Waals surface area contributed by atoms with Crippen LogP contribution in [0.4, 0.5) is 0 Å². The van der Waals surface area contributed by atoms with Gasteiger partial charge in [-0.05, 0) is 37.1 Å². The molecule has 1 aliphatic rings. The predicted molar refractivity (Wildman–Crippen MR) is 107 cm³/mol. The van der Waals surface area contributed by atoms with Crippen LogP contribution in [0.15, 0.2) is 53.1 Å². The van der Waals surface area contributed by atoms with Crippen LogP contribution in [0, 0.1) is 0 Å². The highest BCUT2D eigenvalue weighted by molar-refractivity contribution is 5.97. The maximum Gasteiger partial charge on any atom is 0.261 e. The molecule has 4 rings (SSSR count). The molecule has 0 spiro atoms. The Morgan fingerprint density at radius 2 is 1.79 bits per heavy atom. The average molecular weight is 393 g/mol. The molecule has 1 fully saturated rings. The van der Waals surface area contributed by atoms with Crippen LogP contribution in [0.2, 0.25) is 0 Å². The second kappa shape index (κ2) is 8.34. The number of nitrogens with zero attached hydrogens (tertiary/aromatic N) is 3. The molecule has 2 aromatic carbocycles. The maximum atomic E-state index is 13.0. The Kier molecular flexibility index (Phi) is 5.46. The number of amides is 1. The van der Waals surface area contributed by atoms with E-state index in [1.807, 2.05) is 41.3 Å². The van der Waals surface area contributed by atoms with Gasteiger partial charge >= 0.3 is 0 Å². The molecule has 2 heterocycles. The smallest absolute Gasteiger partial charge is 0.261 e. The Labute approximate surface area is 169 Å². The number of aromatic nitrogens is 2. The van der Waals surface area contributed by atoms with E-state index >= 15 is 0 Å². The van der Waals surface area contributed by atoms with Crippen molar-refractivity contribution in [1.29, 1.82) is 0 Å². The van der Waals surface area contributed by atoms with Crippen molar-refractivity contribution in [2.24, 2.45) is 0 Å². The van der Waals surface area contributed by atoms with Crippen molar-refractivity contribution >= 4 is 5.91 Å². The summed E-state index contributed by atoms with van der Waals surface area (Å²) >= 11 is 0. The number of rotatable bonds is 5. The lowest BCUT2D eigenvalue weighted by Gasteiger charge is -2.31. The summed E-state index contributed by atoms with van der Waals surface area (Å²) < 4.78 is 16.2. The lowest BCUT2D eigenvalue weighted by molar-refractivity contribution is 0.0700. The van der Waals surface area contributed by atoms with E-state index in [1.165, 1.54) is 0 Å². The largest absolute Gasteiger partial charge is 0.496 e. The Morgan fingerprint density at radius 3 is 2.59 bits per heavy atom. The van der Waals surface area contributed by atoms with Gasteiger partial charge in [-0.25, -0.2) is 0 Å². The normalized spacial score (nSPS) is 16.5. The van der Waals surface area contributed by atoms with Crippen LogP contribution in [0.1, 0.15) is 34.9 Å². The molecule has 1 unspecified atom stereocenters. The molecule has 7 heteroatoms. The molecular weight excluding hydrogens is 370 g/mol. The van der Waals surface area contributed by atoms with E-state index in [0.717, 1.165) is 18.4 Å². The molecule has 1 amide bonds. The number of para-hydroxylation sites is 2. The number of hydrogen-bond acceptors (Lipinski definition) is 6. The van der Waals surface area contributed by atoms with Crippen LogP contribution in [-0.2, 0) is 0 Å². The first-order valence-electron chi connectivity index (χ1n) is 9.60. The van der Waals surface area contributed by atoms with Gasteiger partial charge < -0.3 is 18.9 Å². The molecule has 0 aliphatic carbocycles. The van der Waals surface area contributed by atoms with Crippen LogP contribution in [0.25, 0.3) is 11.5 Å². The van der Waals surface area contributed by atoms with Crippen molar-refractivity contribution in [2.45, 2.75) is 18.8 Å². The van der Waals surface area contributed by atoms with Crippen molar-refractivity contribution < 1.29 is 18.8 Å². The average Bonchev–Trinajstić information content (AvgIpc) is 3.29. The number of likely N-dealkylation sites (tertiary alicyclic amines) is 1. The Hall–Kier alpha value is -3.35. The molecule has 0 radical (unpaired) electrons. The van der Waals surface area contributed by atoms with Gasteiger partial charge in [-0.2, -0.15) is 4.98 Å². The number of methoxy groups -OCH3 is 2. The lowest BCUT2D eigenvalue weighted by Crippen LogP contribution is -2.39. The zero-order valence-electron chi connectivity index (χ0n) is 16.5. The second-order valence-electron chi connectivity index (χ2n) is 6.95. The third kappa shape index (κ3) is 3.81. The highest BCUT2D eigenvalue weighted by Crippen LogP contribution is 2.32. The quantitative estimate of drug-likeness (QED) is 0.657. The fraction of sp³-hybridized carbons (Fsp3) is 0.318. The third-order valence-corrected chi connectivity index (χ3v) is 5.19. The maximum absolute atomic E-state index is 13.0. The van der Waals surface area contributed by atoms with Gasteiger partial charge in [-0.3, -0.25) is 4.79 Å². The Balaban J connectivity index is 1.53. The van der Waals surface area contributed by atoms with Gasteiger partial charge in [0, 0.05) is 19.0 Å². The van der Waals surface area contributed by atoms with E-state index in [-0.39, 0.29) is 11.8 Å². The zero-order chi connectivity index (χ0) is 20.2. The Morgan fingerprint density at radius 1 is 1.07 bits per heavy atom. The number of ether oxygens (including phenoxy) is 2. The van der Waals surface area contributed by atoms with Crippen LogP contribution in [0.3, 0.4) is 0 Å². The van der Waals surface area contributed by atoms with Crippen LogP contribution in [-0.4, -0.2) is 48.3 Å². The summed E-state index contributed by atoms with van der Waals surface area (Å²) in [5.74, 6) is 2.28. The molecule has 1 saturated heterocycles. The summed E-state index contributed by atoms with van der Waals surface area (Å²) in [7, 11) is 3.18. The van der Waals surface area contributed by atoms with Crippen molar-refractivity contribution in [2.75, 3.05) is 27.3 Å². The third-order valence-electron chi connectivity index (χ3n) is 5.19. The summed E-state index contributed by atoms with van der Waals surface area (Å²) in [5, 5.41) is 4.19. The highest BCUT2D eigenvalue weighted by atomic mass is 16.5. The molecule has 29 heavy (non-hydrogen) atoms. The molecule has 0 N–H and O–H groups in total. The van der Waals surface area contributed by atoms with E-state index in [4.69, 9.17) is 14.0 Å². The molecule has 3 aromatic rings. The second-order valence-corrected chi connectivity index (χ2v) is 6.95. The molecular formula is C22H23N3O4. The van der Waals surface area contributed by atoms with Gasteiger partial charge in [0.1, 0.15) is 11.5 Å². The Bertz CT molecular complexity index is 1000. The summed E-state index contributed by atoms with van der Waals surface area (Å²) in [6, 6.07) is 14.8. The van der Waals surface area contributed by atoms with Gasteiger partial charge in [0.05, 0.1) is 25.3 Å². The first-order valence-corrected chi connectivity index (χ1v) is 9.60. The first kappa shape index (κ1) is 19.0. The summed E-state index contributed by atoms with van der Waals surface area (Å²) in [5.41, 5.74) is 1.32. The fourth-order valence-electron chi connectivity index (χ4n) is 3.70. The molecule has 0 bridgehead atoms. The van der Waals surface area contributed by atoms with Gasteiger partial charge in [-0.15, -0.1) is 0 Å². The fourth-order valence-corrected chi connectivity index (χ4v) is 3.70. The number of carbonyl (C=O) groups excluding carboxylic acids is 1. The van der Waals surface area contributed by atoms with Gasteiger partial charge in [0.2, 0.25) is 0 Å². The number of carbonyl (C=O) groups is 1. The summed E-state index contributed by atoms with van der Waals surface area (Å²) in [6.07, 6.45) is 1.78. The van der Waals surface area contributed by atoms with E-state index in [9.17, 15) is 4.79 Å². The minimum Gasteiger partial charge on any atom is -0.496 e. The molecule has 1 atom stereocenters. The van der Waals surface area contributed by atoms with Crippen molar-refractivity contribution in [1.82, 2.24) is 15.0 Å². The van der Waals surface area contributed by atoms with Crippen molar-refractivity contribution in [3.63, 3.8) is 0 Å². The minimum atomic E-state index is -0.0411. The van der Waals surface area contributed by atoms with Gasteiger partial charge in [0.25, 0.3) is 11.8 Å². The van der Waals surface area contributed by atoms with Crippen LogP contribution >= 0.6 is 0 Å².